The van der Waals surface area contributed by atoms with E-state index in [1.807, 2.05) is 39.2 Å². The van der Waals surface area contributed by atoms with Crippen molar-refractivity contribution in [2.45, 2.75) is 6.61 Å². The molecule has 1 aromatic heterocycles. The monoisotopic (exact) mass is 295 g/mol. The molecule has 1 N–H and O–H groups in total. The SMILES string of the molecule is CN(C)c1ccc2cc3ccc(N(C)C)c(CO)c3nc2c1. The standard InChI is InChI=1S/C18H21N3O/c1-20(2)14-7-5-12-9-13-6-8-17(21(3)4)15(11-22)18(13)19-16(12)10-14/h5-10,22H,11H2,1-4H3. The molecule has 4 nitrogen and oxygen atoms in total. The Bertz CT molecular complexity index is 840. The summed E-state index contributed by atoms with van der Waals surface area (Å²) in [5, 5.41) is 12.0. The van der Waals surface area contributed by atoms with Crippen molar-refractivity contribution in [1.82, 2.24) is 4.98 Å². The molecule has 0 saturated carbocycles. The molecule has 0 spiro atoms. The number of hydrogen-bond donors (Lipinski definition) is 1. The molecule has 0 aliphatic heterocycles. The van der Waals surface area contributed by atoms with Gasteiger partial charge in [0.25, 0.3) is 0 Å². The van der Waals surface area contributed by atoms with Crippen LogP contribution in [0.5, 0.6) is 0 Å². The van der Waals surface area contributed by atoms with Gasteiger partial charge in [0, 0.05) is 55.9 Å². The zero-order valence-electron chi connectivity index (χ0n) is 13.5. The minimum absolute atomic E-state index is 0.0171. The molecule has 0 radical (unpaired) electrons. The lowest BCUT2D eigenvalue weighted by molar-refractivity contribution is 0.283. The summed E-state index contributed by atoms with van der Waals surface area (Å²) in [5.74, 6) is 0. The average Bonchev–Trinajstić information content (AvgIpc) is 2.50. The molecule has 3 aromatic rings. The quantitative estimate of drug-likeness (QED) is 0.754. The predicted molar refractivity (Wildman–Crippen MR) is 93.8 cm³/mol. The molecule has 0 fully saturated rings. The molecule has 3 rings (SSSR count). The summed E-state index contributed by atoms with van der Waals surface area (Å²) in [6.07, 6.45) is 0. The zero-order valence-corrected chi connectivity index (χ0v) is 13.5. The van der Waals surface area contributed by atoms with Crippen LogP contribution >= 0.6 is 0 Å². The van der Waals surface area contributed by atoms with E-state index in [-0.39, 0.29) is 6.61 Å². The number of rotatable bonds is 3. The van der Waals surface area contributed by atoms with Crippen molar-refractivity contribution in [3.05, 3.63) is 42.0 Å². The van der Waals surface area contributed by atoms with Gasteiger partial charge in [0.05, 0.1) is 17.6 Å². The van der Waals surface area contributed by atoms with Crippen LogP contribution in [0, 0.1) is 0 Å². The number of anilines is 2. The number of benzene rings is 2. The average molecular weight is 295 g/mol. The summed E-state index contributed by atoms with van der Waals surface area (Å²) < 4.78 is 0. The lowest BCUT2D eigenvalue weighted by Gasteiger charge is -2.18. The maximum absolute atomic E-state index is 9.81. The number of aliphatic hydroxyl groups is 1. The fraction of sp³-hybridized carbons (Fsp3) is 0.278. The molecule has 0 saturated heterocycles. The lowest BCUT2D eigenvalue weighted by atomic mass is 10.0. The molecule has 0 aliphatic rings. The van der Waals surface area contributed by atoms with Crippen molar-refractivity contribution in [2.75, 3.05) is 38.0 Å². The van der Waals surface area contributed by atoms with Gasteiger partial charge in [0.1, 0.15) is 0 Å². The summed E-state index contributed by atoms with van der Waals surface area (Å²) in [5.41, 5.74) is 4.82. The second kappa shape index (κ2) is 5.46. The summed E-state index contributed by atoms with van der Waals surface area (Å²) in [6, 6.07) is 12.5. The molecular formula is C18H21N3O. The number of pyridine rings is 1. The van der Waals surface area contributed by atoms with Gasteiger partial charge >= 0.3 is 0 Å². The maximum Gasteiger partial charge on any atom is 0.0785 e. The van der Waals surface area contributed by atoms with Crippen LogP contribution in [0.25, 0.3) is 21.8 Å². The van der Waals surface area contributed by atoms with Crippen molar-refractivity contribution >= 4 is 33.2 Å². The fourth-order valence-electron chi connectivity index (χ4n) is 2.78. The largest absolute Gasteiger partial charge is 0.392 e. The van der Waals surface area contributed by atoms with Crippen LogP contribution in [0.4, 0.5) is 11.4 Å². The molecule has 4 heteroatoms. The van der Waals surface area contributed by atoms with Crippen molar-refractivity contribution < 1.29 is 5.11 Å². The highest BCUT2D eigenvalue weighted by atomic mass is 16.3. The molecule has 2 aromatic carbocycles. The van der Waals surface area contributed by atoms with Crippen molar-refractivity contribution in [3.63, 3.8) is 0 Å². The van der Waals surface area contributed by atoms with E-state index in [2.05, 4.69) is 35.2 Å². The first-order valence-electron chi connectivity index (χ1n) is 7.33. The van der Waals surface area contributed by atoms with E-state index < -0.39 is 0 Å². The second-order valence-electron chi connectivity index (χ2n) is 5.95. The number of nitrogens with zero attached hydrogens (tertiary/aromatic N) is 3. The molecule has 0 amide bonds. The number of aliphatic hydroxyl groups excluding tert-OH is 1. The zero-order chi connectivity index (χ0) is 15.9. The molecule has 114 valence electrons. The van der Waals surface area contributed by atoms with Crippen molar-refractivity contribution in [2.24, 2.45) is 0 Å². The highest BCUT2D eigenvalue weighted by Crippen LogP contribution is 2.30. The summed E-state index contributed by atoms with van der Waals surface area (Å²) >= 11 is 0. The Hall–Kier alpha value is -2.33. The van der Waals surface area contributed by atoms with Crippen LogP contribution in [-0.4, -0.2) is 38.3 Å². The van der Waals surface area contributed by atoms with Crippen LogP contribution in [0.1, 0.15) is 5.56 Å². The second-order valence-corrected chi connectivity index (χ2v) is 5.95. The maximum atomic E-state index is 9.81. The van der Waals surface area contributed by atoms with Crippen LogP contribution in [0.15, 0.2) is 36.4 Å². The molecule has 0 aliphatic carbocycles. The minimum atomic E-state index is -0.0171. The van der Waals surface area contributed by atoms with Gasteiger partial charge in [-0.25, -0.2) is 4.98 Å². The first-order valence-corrected chi connectivity index (χ1v) is 7.33. The molecule has 0 atom stereocenters. The third-order valence-electron chi connectivity index (χ3n) is 4.00. The summed E-state index contributed by atoms with van der Waals surface area (Å²) in [7, 11) is 7.99. The van der Waals surface area contributed by atoms with Crippen molar-refractivity contribution in [3.8, 4) is 0 Å². The molecule has 0 unspecified atom stereocenters. The smallest absolute Gasteiger partial charge is 0.0785 e. The van der Waals surface area contributed by atoms with Crippen LogP contribution in [-0.2, 0) is 6.61 Å². The van der Waals surface area contributed by atoms with Crippen LogP contribution in [0.3, 0.4) is 0 Å². The third-order valence-corrected chi connectivity index (χ3v) is 4.00. The Labute approximate surface area is 130 Å². The fourth-order valence-corrected chi connectivity index (χ4v) is 2.78. The Kier molecular flexibility index (Phi) is 3.62. The van der Waals surface area contributed by atoms with Crippen LogP contribution in [0.2, 0.25) is 0 Å². The van der Waals surface area contributed by atoms with E-state index in [1.165, 1.54) is 0 Å². The first-order chi connectivity index (χ1) is 10.5. The van der Waals surface area contributed by atoms with Gasteiger partial charge in [-0.05, 0) is 24.3 Å². The van der Waals surface area contributed by atoms with Gasteiger partial charge < -0.3 is 14.9 Å². The van der Waals surface area contributed by atoms with E-state index in [4.69, 9.17) is 4.98 Å². The van der Waals surface area contributed by atoms with Gasteiger partial charge in [-0.2, -0.15) is 0 Å². The number of fused-ring (bicyclic) bond motifs is 2. The van der Waals surface area contributed by atoms with Crippen molar-refractivity contribution in [1.29, 1.82) is 0 Å². The normalized spacial score (nSPS) is 11.1. The van der Waals surface area contributed by atoms with Gasteiger partial charge in [0.15, 0.2) is 0 Å². The highest BCUT2D eigenvalue weighted by molar-refractivity contribution is 5.97. The Morgan fingerprint density at radius 3 is 2.27 bits per heavy atom. The predicted octanol–water partition coefficient (Wildman–Crippen LogP) is 3.01. The summed E-state index contributed by atoms with van der Waals surface area (Å²) in [4.78, 5) is 8.89. The molecule has 0 bridgehead atoms. The Morgan fingerprint density at radius 2 is 1.64 bits per heavy atom. The van der Waals surface area contributed by atoms with E-state index in [9.17, 15) is 5.11 Å². The van der Waals surface area contributed by atoms with Gasteiger partial charge in [-0.1, -0.05) is 12.1 Å². The highest BCUT2D eigenvalue weighted by Gasteiger charge is 2.11. The van der Waals surface area contributed by atoms with Gasteiger partial charge in [0.2, 0.25) is 0 Å². The molecular weight excluding hydrogens is 274 g/mol. The molecule has 1 heterocycles. The van der Waals surface area contributed by atoms with Crippen LogP contribution < -0.4 is 9.80 Å². The topological polar surface area (TPSA) is 39.6 Å². The number of aromatic nitrogens is 1. The Morgan fingerprint density at radius 1 is 0.909 bits per heavy atom. The number of hydrogen-bond acceptors (Lipinski definition) is 4. The van der Waals surface area contributed by atoms with E-state index >= 15 is 0 Å². The van der Waals surface area contributed by atoms with Gasteiger partial charge in [-0.15, -0.1) is 0 Å². The third kappa shape index (κ3) is 2.35. The first kappa shape index (κ1) is 14.6. The summed E-state index contributed by atoms with van der Waals surface area (Å²) in [6.45, 7) is -0.0171. The minimum Gasteiger partial charge on any atom is -0.392 e. The van der Waals surface area contributed by atoms with Gasteiger partial charge in [-0.3, -0.25) is 0 Å². The van der Waals surface area contributed by atoms with E-state index in [0.29, 0.717) is 0 Å². The Balaban J connectivity index is 2.33. The van der Waals surface area contributed by atoms with E-state index in [0.717, 1.165) is 38.7 Å². The molecule has 22 heavy (non-hydrogen) atoms. The van der Waals surface area contributed by atoms with E-state index in [1.54, 1.807) is 0 Å². The lowest BCUT2D eigenvalue weighted by Crippen LogP contribution is -2.12.